The SMILES string of the molecule is CNC(=O)c1c(Cl)cc2c(c1-c1cccc(Cl)c1)[C@]1(CCN[C@@H]1CC(C)(C)C)C(=O)N2. The molecule has 4 rings (SSSR count). The van der Waals surface area contributed by atoms with Gasteiger partial charge in [-0.15, -0.1) is 0 Å². The molecule has 0 aromatic heterocycles. The summed E-state index contributed by atoms with van der Waals surface area (Å²) in [6.07, 6.45) is 1.46. The van der Waals surface area contributed by atoms with Gasteiger partial charge in [-0.05, 0) is 48.6 Å². The van der Waals surface area contributed by atoms with E-state index in [1.54, 1.807) is 19.2 Å². The van der Waals surface area contributed by atoms with E-state index in [-0.39, 0.29) is 23.3 Å². The summed E-state index contributed by atoms with van der Waals surface area (Å²) in [5.41, 5.74) is 2.54. The molecule has 2 aliphatic rings. The largest absolute Gasteiger partial charge is 0.355 e. The van der Waals surface area contributed by atoms with E-state index in [9.17, 15) is 9.59 Å². The zero-order chi connectivity index (χ0) is 22.6. The second-order valence-corrected chi connectivity index (χ2v) is 10.4. The summed E-state index contributed by atoms with van der Waals surface area (Å²) in [7, 11) is 1.58. The molecule has 1 saturated heterocycles. The highest BCUT2D eigenvalue weighted by Gasteiger charge is 2.57. The van der Waals surface area contributed by atoms with Gasteiger partial charge in [0.05, 0.1) is 16.0 Å². The fourth-order valence-electron chi connectivity index (χ4n) is 5.06. The minimum Gasteiger partial charge on any atom is -0.355 e. The first-order valence-electron chi connectivity index (χ1n) is 10.5. The van der Waals surface area contributed by atoms with E-state index >= 15 is 0 Å². The Morgan fingerprint density at radius 2 is 2.00 bits per heavy atom. The summed E-state index contributed by atoms with van der Waals surface area (Å²) in [5, 5.41) is 10.2. The molecular weight excluding hydrogens is 433 g/mol. The lowest BCUT2D eigenvalue weighted by molar-refractivity contribution is -0.121. The Morgan fingerprint density at radius 3 is 2.65 bits per heavy atom. The minimum absolute atomic E-state index is 0.0182. The van der Waals surface area contributed by atoms with Gasteiger partial charge in [-0.2, -0.15) is 0 Å². The number of amides is 2. The van der Waals surface area contributed by atoms with Crippen LogP contribution in [0.3, 0.4) is 0 Å². The Kier molecular flexibility index (Phi) is 5.57. The number of hydrogen-bond donors (Lipinski definition) is 3. The summed E-state index contributed by atoms with van der Waals surface area (Å²) < 4.78 is 0. The van der Waals surface area contributed by atoms with Gasteiger partial charge < -0.3 is 16.0 Å². The molecule has 31 heavy (non-hydrogen) atoms. The molecule has 3 N–H and O–H groups in total. The van der Waals surface area contributed by atoms with Crippen LogP contribution in [0, 0.1) is 5.41 Å². The molecule has 2 aliphatic heterocycles. The molecule has 2 heterocycles. The number of halogens is 2. The van der Waals surface area contributed by atoms with Crippen LogP contribution in [0.4, 0.5) is 5.69 Å². The Morgan fingerprint density at radius 1 is 1.26 bits per heavy atom. The molecule has 0 radical (unpaired) electrons. The highest BCUT2D eigenvalue weighted by atomic mass is 35.5. The quantitative estimate of drug-likeness (QED) is 0.603. The second-order valence-electron chi connectivity index (χ2n) is 9.57. The van der Waals surface area contributed by atoms with Crippen LogP contribution in [0.5, 0.6) is 0 Å². The third-order valence-corrected chi connectivity index (χ3v) is 6.80. The Labute approximate surface area is 192 Å². The van der Waals surface area contributed by atoms with Gasteiger partial charge in [-0.25, -0.2) is 0 Å². The van der Waals surface area contributed by atoms with Crippen LogP contribution in [0.15, 0.2) is 30.3 Å². The van der Waals surface area contributed by atoms with Crippen molar-refractivity contribution in [3.63, 3.8) is 0 Å². The van der Waals surface area contributed by atoms with Crippen molar-refractivity contribution in [2.24, 2.45) is 5.41 Å². The lowest BCUT2D eigenvalue weighted by atomic mass is 9.68. The number of carbonyl (C=O) groups excluding carboxylic acids is 2. The smallest absolute Gasteiger partial charge is 0.253 e. The summed E-state index contributed by atoms with van der Waals surface area (Å²) in [5.74, 6) is -0.342. The van der Waals surface area contributed by atoms with Gasteiger partial charge in [-0.1, -0.05) is 56.1 Å². The van der Waals surface area contributed by atoms with Crippen molar-refractivity contribution in [1.82, 2.24) is 10.6 Å². The summed E-state index contributed by atoms with van der Waals surface area (Å²) in [4.78, 5) is 26.5. The van der Waals surface area contributed by atoms with Crippen molar-refractivity contribution in [3.05, 3.63) is 51.5 Å². The number of fused-ring (bicyclic) bond motifs is 2. The number of nitrogens with one attached hydrogen (secondary N) is 3. The summed E-state index contributed by atoms with van der Waals surface area (Å²) >= 11 is 12.9. The molecule has 2 aromatic rings. The highest BCUT2D eigenvalue weighted by Crippen LogP contribution is 2.53. The zero-order valence-corrected chi connectivity index (χ0v) is 19.7. The van der Waals surface area contributed by atoms with Crippen LogP contribution in [0.1, 0.15) is 49.5 Å². The average molecular weight is 460 g/mol. The Hall–Kier alpha value is -2.08. The third-order valence-electron chi connectivity index (χ3n) is 6.27. The van der Waals surface area contributed by atoms with Crippen molar-refractivity contribution in [3.8, 4) is 11.1 Å². The fourth-order valence-corrected chi connectivity index (χ4v) is 5.54. The van der Waals surface area contributed by atoms with Gasteiger partial charge >= 0.3 is 0 Å². The van der Waals surface area contributed by atoms with Crippen LogP contribution < -0.4 is 16.0 Å². The van der Waals surface area contributed by atoms with Crippen molar-refractivity contribution in [1.29, 1.82) is 0 Å². The molecule has 1 spiro atoms. The van der Waals surface area contributed by atoms with Crippen LogP contribution in [0.25, 0.3) is 11.1 Å². The van der Waals surface area contributed by atoms with Crippen LogP contribution in [0.2, 0.25) is 10.0 Å². The lowest BCUT2D eigenvalue weighted by Gasteiger charge is -2.35. The number of anilines is 1. The standard InChI is InChI=1S/C24H27Cl2N3O2/c1-23(2,3)12-17-24(8-9-28-17)20-16(29-22(24)31)11-15(26)19(21(30)27-4)18(20)13-6-5-7-14(25)10-13/h5-7,10-11,17,28H,8-9,12H2,1-4H3,(H,27,30)(H,29,31)/t17-,24-/m1/s1. The molecule has 0 saturated carbocycles. The predicted molar refractivity (Wildman–Crippen MR) is 126 cm³/mol. The normalized spacial score (nSPS) is 22.5. The molecule has 7 heteroatoms. The van der Waals surface area contributed by atoms with Gasteiger partial charge in [-0.3, -0.25) is 9.59 Å². The molecule has 5 nitrogen and oxygen atoms in total. The number of carbonyl (C=O) groups is 2. The molecular formula is C24H27Cl2N3O2. The van der Waals surface area contributed by atoms with Crippen LogP contribution in [-0.2, 0) is 10.2 Å². The van der Waals surface area contributed by atoms with Gasteiger partial charge in [0.1, 0.15) is 0 Å². The van der Waals surface area contributed by atoms with E-state index in [4.69, 9.17) is 23.2 Å². The van der Waals surface area contributed by atoms with Crippen molar-refractivity contribution in [2.45, 2.75) is 45.1 Å². The van der Waals surface area contributed by atoms with Gasteiger partial charge in [0, 0.05) is 34.9 Å². The topological polar surface area (TPSA) is 70.2 Å². The van der Waals surface area contributed by atoms with E-state index < -0.39 is 5.41 Å². The number of benzene rings is 2. The van der Waals surface area contributed by atoms with Crippen LogP contribution in [-0.4, -0.2) is 31.4 Å². The molecule has 1 fully saturated rings. The number of hydrogen-bond acceptors (Lipinski definition) is 3. The first-order chi connectivity index (χ1) is 14.6. The second kappa shape index (κ2) is 7.80. The van der Waals surface area contributed by atoms with Gasteiger partial charge in [0.2, 0.25) is 5.91 Å². The maximum atomic E-state index is 13.5. The van der Waals surface area contributed by atoms with Crippen molar-refractivity contribution < 1.29 is 9.59 Å². The fraction of sp³-hybridized carbons (Fsp3) is 0.417. The Balaban J connectivity index is 2.06. The van der Waals surface area contributed by atoms with E-state index in [0.717, 1.165) is 24.1 Å². The highest BCUT2D eigenvalue weighted by molar-refractivity contribution is 6.36. The summed E-state index contributed by atoms with van der Waals surface area (Å²) in [6.45, 7) is 7.24. The monoisotopic (exact) mass is 459 g/mol. The third kappa shape index (κ3) is 3.63. The maximum absolute atomic E-state index is 13.5. The van der Waals surface area contributed by atoms with Gasteiger partial charge in [0.15, 0.2) is 0 Å². The molecule has 2 amide bonds. The van der Waals surface area contributed by atoms with Crippen LogP contribution >= 0.6 is 23.2 Å². The van der Waals surface area contributed by atoms with E-state index in [1.165, 1.54) is 0 Å². The van der Waals surface area contributed by atoms with E-state index in [1.807, 2.05) is 18.2 Å². The minimum atomic E-state index is -0.784. The first kappa shape index (κ1) is 22.1. The van der Waals surface area contributed by atoms with Crippen molar-refractivity contribution in [2.75, 3.05) is 18.9 Å². The molecule has 0 unspecified atom stereocenters. The molecule has 0 bridgehead atoms. The first-order valence-corrected chi connectivity index (χ1v) is 11.2. The van der Waals surface area contributed by atoms with Crippen molar-refractivity contribution >= 4 is 40.7 Å². The molecule has 2 atom stereocenters. The van der Waals surface area contributed by atoms with Gasteiger partial charge in [0.25, 0.3) is 5.91 Å². The Bertz CT molecular complexity index is 1080. The average Bonchev–Trinajstić information content (AvgIpc) is 3.21. The van der Waals surface area contributed by atoms with E-state index in [0.29, 0.717) is 33.3 Å². The number of rotatable bonds is 3. The molecule has 0 aliphatic carbocycles. The molecule has 2 aromatic carbocycles. The summed E-state index contributed by atoms with van der Waals surface area (Å²) in [6, 6.07) is 8.99. The zero-order valence-electron chi connectivity index (χ0n) is 18.2. The maximum Gasteiger partial charge on any atom is 0.253 e. The molecule has 164 valence electrons. The van der Waals surface area contributed by atoms with E-state index in [2.05, 4.69) is 36.7 Å². The predicted octanol–water partition coefficient (Wildman–Crippen LogP) is 5.01. The lowest BCUT2D eigenvalue weighted by Crippen LogP contribution is -2.47.